The van der Waals surface area contributed by atoms with Gasteiger partial charge in [0, 0.05) is 14.7 Å². The number of para-hydroxylation sites is 1. The van der Waals surface area contributed by atoms with Crippen LogP contribution in [0.1, 0.15) is 16.7 Å². The maximum Gasteiger partial charge on any atom is 0.152 e. The van der Waals surface area contributed by atoms with E-state index in [0.29, 0.717) is 10.6 Å². The number of fused-ring (bicyclic) bond motifs is 1. The highest BCUT2D eigenvalue weighted by Crippen LogP contribution is 2.39. The standard InChI is InChI=1S/C13H9Br2ClN2OS/c14-7-5-10(20-13(7)15)11(18-17)9-4-6-2-1-3-8(16)12(6)19-9/h1-5,11,18H,17H2. The van der Waals surface area contributed by atoms with Crippen molar-refractivity contribution in [1.82, 2.24) is 5.43 Å². The van der Waals surface area contributed by atoms with Crippen LogP contribution in [0.5, 0.6) is 0 Å². The molecule has 3 nitrogen and oxygen atoms in total. The second-order valence-corrected chi connectivity index (χ2v) is 7.84. The third-order valence-corrected chi connectivity index (χ3v) is 6.53. The summed E-state index contributed by atoms with van der Waals surface area (Å²) in [5, 5.41) is 1.56. The summed E-state index contributed by atoms with van der Waals surface area (Å²) in [4.78, 5) is 1.04. The van der Waals surface area contributed by atoms with E-state index in [0.717, 1.165) is 24.3 Å². The molecule has 0 fully saturated rings. The number of hydrogen-bond acceptors (Lipinski definition) is 4. The van der Waals surface area contributed by atoms with Crippen LogP contribution in [-0.2, 0) is 0 Å². The molecule has 104 valence electrons. The summed E-state index contributed by atoms with van der Waals surface area (Å²) in [5.74, 6) is 6.42. The molecule has 0 radical (unpaired) electrons. The van der Waals surface area contributed by atoms with Gasteiger partial charge in [0.2, 0.25) is 0 Å². The van der Waals surface area contributed by atoms with E-state index in [1.54, 1.807) is 17.4 Å². The van der Waals surface area contributed by atoms with Crippen LogP contribution in [-0.4, -0.2) is 0 Å². The molecule has 0 spiro atoms. The van der Waals surface area contributed by atoms with Crippen LogP contribution >= 0.6 is 54.8 Å². The Morgan fingerprint density at radius 2 is 2.10 bits per heavy atom. The molecule has 2 aromatic heterocycles. The fourth-order valence-corrected chi connectivity index (χ4v) is 4.38. The average molecular weight is 437 g/mol. The first-order chi connectivity index (χ1) is 9.60. The first-order valence-corrected chi connectivity index (χ1v) is 8.47. The molecule has 1 aromatic carbocycles. The fraction of sp³-hybridized carbons (Fsp3) is 0.0769. The van der Waals surface area contributed by atoms with Crippen molar-refractivity contribution in [1.29, 1.82) is 0 Å². The molecule has 0 saturated heterocycles. The number of rotatable bonds is 3. The highest BCUT2D eigenvalue weighted by Gasteiger charge is 2.21. The summed E-state index contributed by atoms with van der Waals surface area (Å²) in [6, 6.07) is 9.41. The van der Waals surface area contributed by atoms with Crippen LogP contribution in [0, 0.1) is 0 Å². The average Bonchev–Trinajstić information content (AvgIpc) is 2.97. The van der Waals surface area contributed by atoms with Crippen molar-refractivity contribution in [2.75, 3.05) is 0 Å². The van der Waals surface area contributed by atoms with E-state index < -0.39 is 0 Å². The van der Waals surface area contributed by atoms with E-state index in [1.165, 1.54) is 0 Å². The molecule has 2 heterocycles. The zero-order valence-corrected chi connectivity index (χ0v) is 14.7. The summed E-state index contributed by atoms with van der Waals surface area (Å²) < 4.78 is 7.87. The lowest BCUT2D eigenvalue weighted by atomic mass is 10.2. The molecular weight excluding hydrogens is 427 g/mol. The molecule has 1 atom stereocenters. The second-order valence-electron chi connectivity index (χ2n) is 4.18. The summed E-state index contributed by atoms with van der Waals surface area (Å²) >= 11 is 14.7. The molecule has 1 unspecified atom stereocenters. The van der Waals surface area contributed by atoms with E-state index in [4.69, 9.17) is 21.9 Å². The van der Waals surface area contributed by atoms with E-state index >= 15 is 0 Å². The van der Waals surface area contributed by atoms with E-state index in [9.17, 15) is 0 Å². The van der Waals surface area contributed by atoms with Crippen LogP contribution in [0.2, 0.25) is 5.02 Å². The molecule has 0 aliphatic heterocycles. The topological polar surface area (TPSA) is 51.2 Å². The van der Waals surface area contributed by atoms with Crippen LogP contribution in [0.15, 0.2) is 43.0 Å². The van der Waals surface area contributed by atoms with Crippen molar-refractivity contribution in [2.45, 2.75) is 6.04 Å². The normalized spacial score (nSPS) is 13.0. The minimum absolute atomic E-state index is 0.217. The number of halogens is 3. The van der Waals surface area contributed by atoms with E-state index in [2.05, 4.69) is 37.3 Å². The maximum atomic E-state index is 6.14. The summed E-state index contributed by atoms with van der Waals surface area (Å²) in [6.07, 6.45) is 0. The molecule has 0 aliphatic carbocycles. The van der Waals surface area contributed by atoms with Gasteiger partial charge in [0.15, 0.2) is 5.58 Å². The molecule has 0 saturated carbocycles. The molecule has 3 aromatic rings. The van der Waals surface area contributed by atoms with Crippen LogP contribution in [0.3, 0.4) is 0 Å². The molecule has 3 N–H and O–H groups in total. The molecule has 3 rings (SSSR count). The summed E-state index contributed by atoms with van der Waals surface area (Å²) in [5.41, 5.74) is 3.47. The largest absolute Gasteiger partial charge is 0.457 e. The Morgan fingerprint density at radius 1 is 1.30 bits per heavy atom. The molecular formula is C13H9Br2ClN2OS. The van der Waals surface area contributed by atoms with Gasteiger partial charge < -0.3 is 4.42 Å². The number of nitrogens with one attached hydrogen (secondary N) is 1. The molecule has 0 amide bonds. The van der Waals surface area contributed by atoms with Gasteiger partial charge in [-0.1, -0.05) is 23.7 Å². The van der Waals surface area contributed by atoms with Gasteiger partial charge in [-0.05, 0) is 50.1 Å². The van der Waals surface area contributed by atoms with Crippen LogP contribution in [0.25, 0.3) is 11.0 Å². The minimum atomic E-state index is -0.217. The fourth-order valence-electron chi connectivity index (χ4n) is 2.00. The Balaban J connectivity index is 2.09. The lowest BCUT2D eigenvalue weighted by Gasteiger charge is -2.10. The zero-order chi connectivity index (χ0) is 14.3. The van der Waals surface area contributed by atoms with Gasteiger partial charge in [0.05, 0.1) is 8.81 Å². The highest BCUT2D eigenvalue weighted by atomic mass is 79.9. The lowest BCUT2D eigenvalue weighted by Crippen LogP contribution is -2.27. The van der Waals surface area contributed by atoms with Gasteiger partial charge in [-0.3, -0.25) is 5.84 Å². The zero-order valence-electron chi connectivity index (χ0n) is 9.99. The Bertz CT molecular complexity index is 751. The quantitative estimate of drug-likeness (QED) is 0.437. The summed E-state index contributed by atoms with van der Waals surface area (Å²) in [7, 11) is 0. The van der Waals surface area contributed by atoms with E-state index in [-0.39, 0.29) is 6.04 Å². The van der Waals surface area contributed by atoms with Gasteiger partial charge >= 0.3 is 0 Å². The first-order valence-electron chi connectivity index (χ1n) is 5.69. The smallest absolute Gasteiger partial charge is 0.152 e. The number of hydrazine groups is 1. The first kappa shape index (κ1) is 14.6. The van der Waals surface area contributed by atoms with Crippen molar-refractivity contribution in [3.05, 3.63) is 54.3 Å². The van der Waals surface area contributed by atoms with Crippen LogP contribution in [0.4, 0.5) is 0 Å². The van der Waals surface area contributed by atoms with Crippen molar-refractivity contribution in [2.24, 2.45) is 5.84 Å². The Morgan fingerprint density at radius 3 is 2.70 bits per heavy atom. The van der Waals surface area contributed by atoms with Gasteiger partial charge in [-0.2, -0.15) is 0 Å². The molecule has 0 bridgehead atoms. The van der Waals surface area contributed by atoms with Gasteiger partial charge in [0.25, 0.3) is 0 Å². The second kappa shape index (κ2) is 5.79. The van der Waals surface area contributed by atoms with Gasteiger partial charge in [0.1, 0.15) is 11.8 Å². The van der Waals surface area contributed by atoms with Crippen molar-refractivity contribution in [3.8, 4) is 0 Å². The molecule has 7 heteroatoms. The number of furan rings is 1. The van der Waals surface area contributed by atoms with Crippen LogP contribution < -0.4 is 11.3 Å². The third-order valence-electron chi connectivity index (χ3n) is 2.92. The highest BCUT2D eigenvalue weighted by molar-refractivity contribution is 9.13. The predicted molar refractivity (Wildman–Crippen MR) is 90.1 cm³/mol. The molecule has 20 heavy (non-hydrogen) atoms. The number of nitrogens with two attached hydrogens (primary N) is 1. The Labute approximate surface area is 141 Å². The predicted octanol–water partition coefficient (Wildman–Crippen LogP) is 5.23. The SMILES string of the molecule is NNC(c1cc2cccc(Cl)c2o1)c1cc(Br)c(Br)s1. The number of hydrogen-bond donors (Lipinski definition) is 2. The van der Waals surface area contributed by atoms with Crippen molar-refractivity contribution < 1.29 is 4.42 Å². The molecule has 0 aliphatic rings. The third kappa shape index (κ3) is 2.56. The monoisotopic (exact) mass is 434 g/mol. The maximum absolute atomic E-state index is 6.14. The number of thiophene rings is 1. The van der Waals surface area contributed by atoms with Crippen molar-refractivity contribution in [3.63, 3.8) is 0 Å². The number of benzene rings is 1. The Kier molecular flexibility index (Phi) is 4.21. The summed E-state index contributed by atoms with van der Waals surface area (Å²) in [6.45, 7) is 0. The van der Waals surface area contributed by atoms with Gasteiger partial charge in [-0.15, -0.1) is 11.3 Å². The Hall–Kier alpha value is -0.370. The van der Waals surface area contributed by atoms with Gasteiger partial charge in [-0.25, -0.2) is 5.43 Å². The lowest BCUT2D eigenvalue weighted by molar-refractivity contribution is 0.481. The van der Waals surface area contributed by atoms with Crippen molar-refractivity contribution >= 4 is 65.8 Å². The van der Waals surface area contributed by atoms with E-state index in [1.807, 2.05) is 24.3 Å². The minimum Gasteiger partial charge on any atom is -0.457 e.